The highest BCUT2D eigenvalue weighted by atomic mass is 79.9. The molecule has 0 saturated heterocycles. The number of hydrogen-bond acceptors (Lipinski definition) is 2. The molecule has 0 unspecified atom stereocenters. The first-order valence-corrected chi connectivity index (χ1v) is 7.32. The standard InChI is InChI=1S/C10H8Br2S2/c1-5-3-8(13-6(5)2)9-4-7(11)10(12)14-9/h3-4H,1-2H3. The summed E-state index contributed by atoms with van der Waals surface area (Å²) in [5.41, 5.74) is 1.38. The molecule has 0 nitrogen and oxygen atoms in total. The summed E-state index contributed by atoms with van der Waals surface area (Å²) in [6.45, 7) is 4.33. The lowest BCUT2D eigenvalue weighted by Crippen LogP contribution is -1.62. The summed E-state index contributed by atoms with van der Waals surface area (Å²) in [7, 11) is 0. The predicted molar refractivity (Wildman–Crippen MR) is 72.5 cm³/mol. The quantitative estimate of drug-likeness (QED) is 0.625. The number of rotatable bonds is 1. The average Bonchev–Trinajstić information content (AvgIpc) is 2.60. The van der Waals surface area contributed by atoms with Crippen molar-refractivity contribution in [2.24, 2.45) is 0 Å². The van der Waals surface area contributed by atoms with E-state index in [4.69, 9.17) is 0 Å². The smallest absolute Gasteiger partial charge is 0.0847 e. The van der Waals surface area contributed by atoms with Gasteiger partial charge in [0.25, 0.3) is 0 Å². The third kappa shape index (κ3) is 1.98. The molecule has 0 atom stereocenters. The molecule has 0 aliphatic carbocycles. The van der Waals surface area contributed by atoms with Gasteiger partial charge in [-0.1, -0.05) is 0 Å². The molecule has 0 fully saturated rings. The monoisotopic (exact) mass is 350 g/mol. The minimum atomic E-state index is 1.14. The zero-order valence-electron chi connectivity index (χ0n) is 7.73. The van der Waals surface area contributed by atoms with Crippen LogP contribution in [0.3, 0.4) is 0 Å². The second kappa shape index (κ2) is 4.08. The maximum absolute atomic E-state index is 3.51. The lowest BCUT2D eigenvalue weighted by atomic mass is 10.3. The highest BCUT2D eigenvalue weighted by Crippen LogP contribution is 2.41. The molecule has 2 aromatic rings. The number of hydrogen-bond donors (Lipinski definition) is 0. The van der Waals surface area contributed by atoms with E-state index in [1.54, 1.807) is 11.3 Å². The van der Waals surface area contributed by atoms with E-state index in [2.05, 4.69) is 57.8 Å². The van der Waals surface area contributed by atoms with E-state index in [9.17, 15) is 0 Å². The minimum Gasteiger partial charge on any atom is -0.139 e. The third-order valence-corrected chi connectivity index (χ3v) is 6.66. The highest BCUT2D eigenvalue weighted by Gasteiger charge is 2.09. The van der Waals surface area contributed by atoms with E-state index < -0.39 is 0 Å². The van der Waals surface area contributed by atoms with Gasteiger partial charge >= 0.3 is 0 Å². The summed E-state index contributed by atoms with van der Waals surface area (Å²) < 4.78 is 2.30. The van der Waals surface area contributed by atoms with Gasteiger partial charge in [0, 0.05) is 19.1 Å². The van der Waals surface area contributed by atoms with Gasteiger partial charge in [0.05, 0.1) is 3.79 Å². The molecule has 0 N–H and O–H groups in total. The Bertz CT molecular complexity index is 385. The molecule has 14 heavy (non-hydrogen) atoms. The number of thiophene rings is 2. The summed E-state index contributed by atoms with van der Waals surface area (Å²) in [4.78, 5) is 4.09. The van der Waals surface area contributed by atoms with E-state index in [0.717, 1.165) is 8.26 Å². The largest absolute Gasteiger partial charge is 0.139 e. The topological polar surface area (TPSA) is 0 Å². The number of halogens is 2. The van der Waals surface area contributed by atoms with Crippen LogP contribution >= 0.6 is 54.5 Å². The van der Waals surface area contributed by atoms with Crippen molar-refractivity contribution in [2.75, 3.05) is 0 Å². The van der Waals surface area contributed by atoms with Crippen LogP contribution in [-0.4, -0.2) is 0 Å². The highest BCUT2D eigenvalue weighted by molar-refractivity contribution is 9.13. The van der Waals surface area contributed by atoms with Crippen LogP contribution in [0.5, 0.6) is 0 Å². The van der Waals surface area contributed by atoms with Crippen molar-refractivity contribution >= 4 is 54.5 Å². The molecule has 0 aliphatic heterocycles. The summed E-state index contributed by atoms with van der Waals surface area (Å²) in [6, 6.07) is 4.42. The van der Waals surface area contributed by atoms with Gasteiger partial charge in [0.1, 0.15) is 0 Å². The van der Waals surface area contributed by atoms with Crippen LogP contribution in [0.1, 0.15) is 10.4 Å². The molecule has 0 aromatic carbocycles. The predicted octanol–water partition coefficient (Wildman–Crippen LogP) is 5.62. The van der Waals surface area contributed by atoms with Crippen molar-refractivity contribution in [1.82, 2.24) is 0 Å². The van der Waals surface area contributed by atoms with Crippen LogP contribution < -0.4 is 0 Å². The maximum Gasteiger partial charge on any atom is 0.0847 e. The Kier molecular flexibility index (Phi) is 3.17. The van der Waals surface area contributed by atoms with E-state index in [-0.39, 0.29) is 0 Å². The van der Waals surface area contributed by atoms with E-state index >= 15 is 0 Å². The molecule has 0 aliphatic rings. The van der Waals surface area contributed by atoms with Gasteiger partial charge in [0.2, 0.25) is 0 Å². The van der Waals surface area contributed by atoms with Crippen molar-refractivity contribution in [3.8, 4) is 9.75 Å². The Morgan fingerprint density at radius 3 is 2.07 bits per heavy atom. The first kappa shape index (κ1) is 10.9. The number of aryl methyl sites for hydroxylation is 2. The van der Waals surface area contributed by atoms with Crippen molar-refractivity contribution in [3.63, 3.8) is 0 Å². The Hall–Kier alpha value is 0.360. The van der Waals surface area contributed by atoms with Crippen molar-refractivity contribution in [3.05, 3.63) is 30.8 Å². The molecular formula is C10H8Br2S2. The minimum absolute atomic E-state index is 1.14. The fourth-order valence-electron chi connectivity index (χ4n) is 1.16. The fourth-order valence-corrected chi connectivity index (χ4v) is 4.30. The molecule has 2 aromatic heterocycles. The Morgan fingerprint density at radius 1 is 1.00 bits per heavy atom. The van der Waals surface area contributed by atoms with Gasteiger partial charge in [0.15, 0.2) is 0 Å². The zero-order chi connectivity index (χ0) is 10.3. The van der Waals surface area contributed by atoms with Gasteiger partial charge in [-0.2, -0.15) is 0 Å². The van der Waals surface area contributed by atoms with Gasteiger partial charge < -0.3 is 0 Å². The Morgan fingerprint density at radius 2 is 1.64 bits per heavy atom. The van der Waals surface area contributed by atoms with Crippen LogP contribution in [-0.2, 0) is 0 Å². The Labute approximate surface area is 108 Å². The summed E-state index contributed by atoms with van der Waals surface area (Å²) >= 11 is 10.6. The normalized spacial score (nSPS) is 10.9. The van der Waals surface area contributed by atoms with Crippen LogP contribution in [0.15, 0.2) is 20.4 Å². The molecule has 4 heteroatoms. The summed E-state index contributed by atoms with van der Waals surface area (Å²) in [5.74, 6) is 0. The van der Waals surface area contributed by atoms with Gasteiger partial charge in [-0.25, -0.2) is 0 Å². The van der Waals surface area contributed by atoms with E-state index in [1.165, 1.54) is 20.2 Å². The van der Waals surface area contributed by atoms with Crippen molar-refractivity contribution < 1.29 is 0 Å². The van der Waals surface area contributed by atoms with Crippen LogP contribution in [0.25, 0.3) is 9.75 Å². The van der Waals surface area contributed by atoms with E-state index in [1.807, 2.05) is 11.3 Å². The van der Waals surface area contributed by atoms with Gasteiger partial charge in [-0.05, 0) is 63.4 Å². The first-order valence-electron chi connectivity index (χ1n) is 4.10. The van der Waals surface area contributed by atoms with Crippen LogP contribution in [0, 0.1) is 13.8 Å². The molecule has 0 radical (unpaired) electrons. The van der Waals surface area contributed by atoms with E-state index in [0.29, 0.717) is 0 Å². The SMILES string of the molecule is Cc1cc(-c2cc(Br)c(Br)s2)sc1C. The van der Waals surface area contributed by atoms with Crippen molar-refractivity contribution in [1.29, 1.82) is 0 Å². The van der Waals surface area contributed by atoms with Crippen LogP contribution in [0.4, 0.5) is 0 Å². The van der Waals surface area contributed by atoms with Crippen molar-refractivity contribution in [2.45, 2.75) is 13.8 Å². The fraction of sp³-hybridized carbons (Fsp3) is 0.200. The molecule has 0 saturated carbocycles. The summed E-state index contributed by atoms with van der Waals surface area (Å²) in [6.07, 6.45) is 0. The van der Waals surface area contributed by atoms with Gasteiger partial charge in [-0.15, -0.1) is 22.7 Å². The summed E-state index contributed by atoms with van der Waals surface area (Å²) in [5, 5.41) is 0. The molecule has 74 valence electrons. The average molecular weight is 352 g/mol. The first-order chi connectivity index (χ1) is 6.58. The second-order valence-corrected chi connectivity index (χ2v) is 7.56. The van der Waals surface area contributed by atoms with Crippen LogP contribution in [0.2, 0.25) is 0 Å². The third-order valence-electron chi connectivity index (χ3n) is 2.05. The molecule has 2 heterocycles. The molecule has 0 amide bonds. The molecule has 0 bridgehead atoms. The molecule has 0 spiro atoms. The van der Waals surface area contributed by atoms with Gasteiger partial charge in [-0.3, -0.25) is 0 Å². The molecular weight excluding hydrogens is 344 g/mol. The zero-order valence-corrected chi connectivity index (χ0v) is 12.5. The lowest BCUT2D eigenvalue weighted by Gasteiger charge is -1.86. The molecule has 2 rings (SSSR count). The Balaban J connectivity index is 2.49. The maximum atomic E-state index is 3.51. The lowest BCUT2D eigenvalue weighted by molar-refractivity contribution is 1.44. The second-order valence-electron chi connectivity index (χ2n) is 3.08.